The first-order valence-electron chi connectivity index (χ1n) is 9.89. The Morgan fingerprint density at radius 1 is 1.30 bits per heavy atom. The van der Waals surface area contributed by atoms with E-state index in [4.69, 9.17) is 4.98 Å². The molecule has 3 aromatic heterocycles. The predicted octanol–water partition coefficient (Wildman–Crippen LogP) is 4.72. The number of likely N-dealkylation sites (tertiary alicyclic amines) is 1. The van der Waals surface area contributed by atoms with E-state index in [1.165, 1.54) is 4.88 Å². The van der Waals surface area contributed by atoms with Gasteiger partial charge in [0, 0.05) is 30.1 Å². The first-order valence-corrected chi connectivity index (χ1v) is 10.7. The van der Waals surface area contributed by atoms with Gasteiger partial charge in [-0.25, -0.2) is 9.67 Å². The summed E-state index contributed by atoms with van der Waals surface area (Å²) >= 11 is 1.70. The fraction of sp³-hybridized carbons (Fsp3) is 0.476. The number of amides is 1. The lowest BCUT2D eigenvalue weighted by Gasteiger charge is -2.32. The van der Waals surface area contributed by atoms with Gasteiger partial charge in [-0.3, -0.25) is 4.79 Å². The van der Waals surface area contributed by atoms with Gasteiger partial charge in [-0.15, -0.1) is 36.2 Å². The fourth-order valence-corrected chi connectivity index (χ4v) is 4.67. The predicted molar refractivity (Wildman–Crippen MR) is 128 cm³/mol. The SMILES string of the molecule is CNC1CCCN(C(=O)c2cc(-c3ccc(C)s3)nc3c2cnn3C(C)C)C1.Cl.Cl. The molecule has 0 spiro atoms. The van der Waals surface area contributed by atoms with E-state index in [9.17, 15) is 4.79 Å². The molecule has 1 amide bonds. The number of carbonyl (C=O) groups is 1. The van der Waals surface area contributed by atoms with Crippen LogP contribution in [0.25, 0.3) is 21.6 Å². The van der Waals surface area contributed by atoms with E-state index in [0.717, 1.165) is 47.5 Å². The van der Waals surface area contributed by atoms with Crippen molar-refractivity contribution in [2.24, 2.45) is 0 Å². The van der Waals surface area contributed by atoms with E-state index in [-0.39, 0.29) is 36.8 Å². The van der Waals surface area contributed by atoms with Crippen LogP contribution in [-0.4, -0.2) is 51.8 Å². The molecule has 1 unspecified atom stereocenters. The van der Waals surface area contributed by atoms with Crippen molar-refractivity contribution in [3.05, 3.63) is 34.8 Å². The van der Waals surface area contributed by atoms with E-state index in [1.54, 1.807) is 17.5 Å². The summed E-state index contributed by atoms with van der Waals surface area (Å²) in [7, 11) is 1.97. The minimum atomic E-state index is 0. The highest BCUT2D eigenvalue weighted by Crippen LogP contribution is 2.31. The molecule has 0 radical (unpaired) electrons. The minimum Gasteiger partial charge on any atom is -0.337 e. The summed E-state index contributed by atoms with van der Waals surface area (Å²) in [5.41, 5.74) is 2.33. The third-order valence-corrected chi connectivity index (χ3v) is 6.42. The first kappa shape index (κ1) is 24.6. The Kier molecular flexibility index (Phi) is 8.27. The summed E-state index contributed by atoms with van der Waals surface area (Å²) in [6, 6.07) is 6.65. The molecule has 6 nitrogen and oxygen atoms in total. The standard InChI is InChI=1S/C21H27N5OS.2ClH/c1-13(2)26-20-17(11-23-26)16(10-18(24-20)19-8-7-14(3)28-19)21(27)25-9-5-6-15(12-25)22-4;;/h7-8,10-11,13,15,22H,5-6,9,12H2,1-4H3;2*1H. The highest BCUT2D eigenvalue weighted by molar-refractivity contribution is 7.15. The average Bonchev–Trinajstić information content (AvgIpc) is 3.33. The third-order valence-electron chi connectivity index (χ3n) is 5.40. The van der Waals surface area contributed by atoms with E-state index in [2.05, 4.69) is 43.3 Å². The topological polar surface area (TPSA) is 63.1 Å². The zero-order chi connectivity index (χ0) is 19.8. The molecule has 30 heavy (non-hydrogen) atoms. The number of nitrogens with one attached hydrogen (secondary N) is 1. The van der Waals surface area contributed by atoms with Crippen LogP contribution in [0.4, 0.5) is 0 Å². The monoisotopic (exact) mass is 469 g/mol. The maximum Gasteiger partial charge on any atom is 0.254 e. The van der Waals surface area contributed by atoms with Crippen molar-refractivity contribution >= 4 is 53.1 Å². The molecule has 0 aromatic carbocycles. The van der Waals surface area contributed by atoms with Gasteiger partial charge in [-0.2, -0.15) is 5.10 Å². The third kappa shape index (κ3) is 4.64. The van der Waals surface area contributed by atoms with Gasteiger partial charge < -0.3 is 10.2 Å². The highest BCUT2D eigenvalue weighted by Gasteiger charge is 2.27. The van der Waals surface area contributed by atoms with Crippen molar-refractivity contribution in [1.29, 1.82) is 0 Å². The molecule has 4 rings (SSSR count). The Balaban J connectivity index is 0.00000160. The number of carbonyl (C=O) groups excluding carboxylic acids is 1. The maximum atomic E-state index is 13.5. The lowest BCUT2D eigenvalue weighted by atomic mass is 10.0. The zero-order valence-corrected chi connectivity index (χ0v) is 20.2. The van der Waals surface area contributed by atoms with E-state index < -0.39 is 0 Å². The lowest BCUT2D eigenvalue weighted by Crippen LogP contribution is -2.47. The Morgan fingerprint density at radius 3 is 2.70 bits per heavy atom. The van der Waals surface area contributed by atoms with Crippen LogP contribution < -0.4 is 5.32 Å². The molecular formula is C21H29Cl2N5OS. The van der Waals surface area contributed by atoms with Crippen molar-refractivity contribution < 1.29 is 4.79 Å². The molecule has 3 aromatic rings. The number of halogens is 2. The fourth-order valence-electron chi connectivity index (χ4n) is 3.84. The lowest BCUT2D eigenvalue weighted by molar-refractivity contribution is 0.0700. The second-order valence-corrected chi connectivity index (χ2v) is 9.05. The summed E-state index contributed by atoms with van der Waals surface area (Å²) in [5, 5.41) is 8.68. The molecule has 1 atom stereocenters. The Labute approximate surface area is 193 Å². The number of aryl methyl sites for hydroxylation is 1. The largest absolute Gasteiger partial charge is 0.337 e. The summed E-state index contributed by atoms with van der Waals surface area (Å²) in [5.74, 6) is 0.0742. The number of nitrogens with zero attached hydrogens (tertiary/aromatic N) is 4. The molecule has 164 valence electrons. The van der Waals surface area contributed by atoms with Crippen molar-refractivity contribution in [3.63, 3.8) is 0 Å². The summed E-state index contributed by atoms with van der Waals surface area (Å²) in [4.78, 5) is 22.6. The van der Waals surface area contributed by atoms with Crippen molar-refractivity contribution in [2.45, 2.75) is 45.7 Å². The average molecular weight is 470 g/mol. The van der Waals surface area contributed by atoms with Crippen LogP contribution in [0.5, 0.6) is 0 Å². The number of hydrogen-bond acceptors (Lipinski definition) is 5. The summed E-state index contributed by atoms with van der Waals surface area (Å²) in [6.07, 6.45) is 3.92. The Hall–Kier alpha value is -1.67. The smallest absolute Gasteiger partial charge is 0.254 e. The van der Waals surface area contributed by atoms with Gasteiger partial charge in [0.1, 0.15) is 0 Å². The van der Waals surface area contributed by atoms with Gasteiger partial charge in [0.2, 0.25) is 0 Å². The van der Waals surface area contributed by atoms with E-state index in [0.29, 0.717) is 11.6 Å². The second-order valence-electron chi connectivity index (χ2n) is 7.76. The van der Waals surface area contributed by atoms with Crippen molar-refractivity contribution in [3.8, 4) is 10.6 Å². The molecule has 4 heterocycles. The van der Waals surface area contributed by atoms with Crippen molar-refractivity contribution in [2.75, 3.05) is 20.1 Å². The quantitative estimate of drug-likeness (QED) is 0.600. The molecule has 1 aliphatic heterocycles. The highest BCUT2D eigenvalue weighted by atomic mass is 35.5. The second kappa shape index (κ2) is 10.1. The Bertz CT molecular complexity index is 1020. The normalized spacial score (nSPS) is 16.4. The number of rotatable bonds is 4. The molecule has 0 saturated carbocycles. The molecule has 1 aliphatic rings. The molecular weight excluding hydrogens is 441 g/mol. The van der Waals surface area contributed by atoms with Gasteiger partial charge in [0.05, 0.1) is 27.7 Å². The van der Waals surface area contributed by atoms with Crippen LogP contribution in [0.1, 0.15) is 48.0 Å². The number of pyridine rings is 1. The van der Waals surface area contributed by atoms with Crippen LogP contribution in [0, 0.1) is 6.92 Å². The Morgan fingerprint density at radius 2 is 2.07 bits per heavy atom. The number of piperidine rings is 1. The van der Waals surface area contributed by atoms with Crippen LogP contribution in [-0.2, 0) is 0 Å². The van der Waals surface area contributed by atoms with Gasteiger partial charge in [-0.05, 0) is 58.9 Å². The van der Waals surface area contributed by atoms with Crippen LogP contribution in [0.2, 0.25) is 0 Å². The van der Waals surface area contributed by atoms with Crippen LogP contribution in [0.15, 0.2) is 24.4 Å². The number of thiophene rings is 1. The molecule has 1 fully saturated rings. The van der Waals surface area contributed by atoms with Crippen LogP contribution >= 0.6 is 36.2 Å². The number of likely N-dealkylation sites (N-methyl/N-ethyl adjacent to an activating group) is 1. The van der Waals surface area contributed by atoms with Crippen LogP contribution in [0.3, 0.4) is 0 Å². The molecule has 1 N–H and O–H groups in total. The number of hydrogen-bond donors (Lipinski definition) is 1. The van der Waals surface area contributed by atoms with Gasteiger partial charge in [-0.1, -0.05) is 0 Å². The summed E-state index contributed by atoms with van der Waals surface area (Å²) in [6.45, 7) is 7.79. The zero-order valence-electron chi connectivity index (χ0n) is 17.7. The molecule has 9 heteroatoms. The van der Waals surface area contributed by atoms with Gasteiger partial charge >= 0.3 is 0 Å². The minimum absolute atomic E-state index is 0. The first-order chi connectivity index (χ1) is 13.5. The number of fused-ring (bicyclic) bond motifs is 1. The number of aromatic nitrogens is 3. The van der Waals surface area contributed by atoms with Crippen molar-refractivity contribution in [1.82, 2.24) is 25.0 Å². The van der Waals surface area contributed by atoms with Gasteiger partial charge in [0.15, 0.2) is 5.65 Å². The van der Waals surface area contributed by atoms with Gasteiger partial charge in [0.25, 0.3) is 5.91 Å². The van der Waals surface area contributed by atoms with E-state index in [1.807, 2.05) is 22.7 Å². The maximum absolute atomic E-state index is 13.5. The van der Waals surface area contributed by atoms with E-state index >= 15 is 0 Å². The molecule has 0 bridgehead atoms. The summed E-state index contributed by atoms with van der Waals surface area (Å²) < 4.78 is 1.91. The molecule has 1 saturated heterocycles. The molecule has 0 aliphatic carbocycles.